The van der Waals surface area contributed by atoms with Crippen molar-refractivity contribution < 1.29 is 9.90 Å². The first kappa shape index (κ1) is 14.1. The van der Waals surface area contributed by atoms with Gasteiger partial charge in [0.15, 0.2) is 0 Å². The molecule has 0 atom stereocenters. The van der Waals surface area contributed by atoms with Crippen LogP contribution in [0.2, 0.25) is 0 Å². The smallest absolute Gasteiger partial charge is 0.303 e. The molecule has 1 N–H and O–H groups in total. The van der Waals surface area contributed by atoms with Crippen molar-refractivity contribution in [1.29, 1.82) is 0 Å². The molecule has 4 heteroatoms. The summed E-state index contributed by atoms with van der Waals surface area (Å²) in [4.78, 5) is 15.6. The number of aromatic nitrogens is 2. The van der Waals surface area contributed by atoms with Crippen LogP contribution in [0.15, 0.2) is 12.1 Å². The van der Waals surface area contributed by atoms with Gasteiger partial charge in [-0.2, -0.15) is 0 Å². The highest BCUT2D eigenvalue weighted by atomic mass is 16.4. The molecule has 0 saturated heterocycles. The van der Waals surface area contributed by atoms with Crippen molar-refractivity contribution in [2.24, 2.45) is 0 Å². The van der Waals surface area contributed by atoms with Crippen molar-refractivity contribution in [3.63, 3.8) is 0 Å². The lowest BCUT2D eigenvalue weighted by molar-refractivity contribution is -0.137. The Morgan fingerprint density at radius 3 is 2.67 bits per heavy atom. The topological polar surface area (TPSA) is 55.1 Å². The maximum atomic E-state index is 10.8. The van der Waals surface area contributed by atoms with Crippen LogP contribution < -0.4 is 0 Å². The van der Waals surface area contributed by atoms with E-state index < -0.39 is 5.97 Å². The zero-order chi connectivity index (χ0) is 15.0. The summed E-state index contributed by atoms with van der Waals surface area (Å²) >= 11 is 0. The minimum atomic E-state index is -0.725. The Hall–Kier alpha value is -1.84. The Morgan fingerprint density at radius 1 is 1.33 bits per heavy atom. The Kier molecular flexibility index (Phi) is 3.70. The van der Waals surface area contributed by atoms with E-state index in [2.05, 4.69) is 30.5 Å². The zero-order valence-electron chi connectivity index (χ0n) is 12.7. The van der Waals surface area contributed by atoms with Crippen LogP contribution in [0.3, 0.4) is 0 Å². The monoisotopic (exact) mass is 286 g/mol. The van der Waals surface area contributed by atoms with Crippen LogP contribution in [0.25, 0.3) is 11.0 Å². The van der Waals surface area contributed by atoms with Gasteiger partial charge in [-0.3, -0.25) is 4.79 Å². The van der Waals surface area contributed by atoms with Crippen molar-refractivity contribution in [3.05, 3.63) is 29.1 Å². The predicted molar refractivity (Wildman–Crippen MR) is 82.7 cm³/mol. The van der Waals surface area contributed by atoms with Gasteiger partial charge in [0.25, 0.3) is 0 Å². The third-order valence-corrected chi connectivity index (χ3v) is 4.64. The molecule has 1 aliphatic carbocycles. The quantitative estimate of drug-likeness (QED) is 0.910. The molecule has 1 fully saturated rings. The highest BCUT2D eigenvalue weighted by Gasteiger charge is 2.25. The molecule has 0 unspecified atom stereocenters. The van der Waals surface area contributed by atoms with E-state index in [1.165, 1.54) is 30.4 Å². The predicted octanol–water partition coefficient (Wildman–Crippen LogP) is 3.79. The summed E-state index contributed by atoms with van der Waals surface area (Å²) in [6.07, 6.45) is 4.57. The van der Waals surface area contributed by atoms with Gasteiger partial charge in [0, 0.05) is 18.9 Å². The van der Waals surface area contributed by atoms with Gasteiger partial charge in [0.1, 0.15) is 5.82 Å². The molecule has 2 aromatic rings. The Balaban J connectivity index is 1.99. The van der Waals surface area contributed by atoms with Crippen LogP contribution in [-0.2, 0) is 11.3 Å². The van der Waals surface area contributed by atoms with Crippen LogP contribution in [0, 0.1) is 13.8 Å². The fraction of sp³-hybridized carbons (Fsp3) is 0.529. The number of benzene rings is 1. The molecule has 1 saturated carbocycles. The second-order valence-electron chi connectivity index (χ2n) is 6.17. The number of carbonyl (C=O) groups is 1. The molecule has 0 amide bonds. The van der Waals surface area contributed by atoms with Crippen LogP contribution in [0.5, 0.6) is 0 Å². The third kappa shape index (κ3) is 2.67. The van der Waals surface area contributed by atoms with E-state index in [9.17, 15) is 4.79 Å². The minimum absolute atomic E-state index is 0.217. The molecule has 1 aromatic carbocycles. The fourth-order valence-corrected chi connectivity index (χ4v) is 3.00. The van der Waals surface area contributed by atoms with Crippen LogP contribution in [-0.4, -0.2) is 20.6 Å². The number of aliphatic carboxylic acids is 1. The number of aryl methyl sites for hydroxylation is 3. The van der Waals surface area contributed by atoms with Crippen LogP contribution in [0.4, 0.5) is 0 Å². The van der Waals surface area contributed by atoms with E-state index in [0.717, 1.165) is 23.4 Å². The molecule has 1 aliphatic rings. The van der Waals surface area contributed by atoms with Gasteiger partial charge in [-0.15, -0.1) is 0 Å². The average molecular weight is 286 g/mol. The normalized spacial score (nSPS) is 15.3. The summed E-state index contributed by atoms with van der Waals surface area (Å²) in [6.45, 7) is 4.98. The van der Waals surface area contributed by atoms with Crippen LogP contribution >= 0.6 is 0 Å². The Morgan fingerprint density at radius 2 is 2.05 bits per heavy atom. The van der Waals surface area contributed by atoms with E-state index in [1.54, 1.807) is 0 Å². The second-order valence-corrected chi connectivity index (χ2v) is 6.17. The number of fused-ring (bicyclic) bond motifs is 1. The summed E-state index contributed by atoms with van der Waals surface area (Å²) < 4.78 is 2.26. The van der Waals surface area contributed by atoms with Gasteiger partial charge in [0.2, 0.25) is 0 Å². The van der Waals surface area contributed by atoms with Gasteiger partial charge in [-0.05, 0) is 56.4 Å². The summed E-state index contributed by atoms with van der Waals surface area (Å²) in [6, 6.07) is 4.35. The molecule has 0 radical (unpaired) electrons. The number of hydrogen-bond acceptors (Lipinski definition) is 2. The molecule has 1 heterocycles. The standard InChI is InChI=1S/C17H22N2O2/c1-11-9-14-15(10-12(11)2)19(8-4-7-16(20)21)17(18-14)13-5-3-6-13/h9-10,13H,3-8H2,1-2H3,(H,20,21). The summed E-state index contributed by atoms with van der Waals surface area (Å²) in [5.74, 6) is 0.992. The summed E-state index contributed by atoms with van der Waals surface area (Å²) in [5, 5.41) is 8.85. The second kappa shape index (κ2) is 5.51. The summed E-state index contributed by atoms with van der Waals surface area (Å²) in [7, 11) is 0. The van der Waals surface area contributed by atoms with Gasteiger partial charge in [0.05, 0.1) is 11.0 Å². The molecule has 0 bridgehead atoms. The number of carboxylic acid groups (broad SMARTS) is 1. The molecule has 0 spiro atoms. The molecule has 21 heavy (non-hydrogen) atoms. The number of rotatable bonds is 5. The van der Waals surface area contributed by atoms with Crippen molar-refractivity contribution in [3.8, 4) is 0 Å². The highest BCUT2D eigenvalue weighted by molar-refractivity contribution is 5.78. The first-order chi connectivity index (χ1) is 10.1. The van der Waals surface area contributed by atoms with Gasteiger partial charge in [-0.25, -0.2) is 4.98 Å². The highest BCUT2D eigenvalue weighted by Crippen LogP contribution is 2.37. The van der Waals surface area contributed by atoms with E-state index in [0.29, 0.717) is 12.3 Å². The number of hydrogen-bond donors (Lipinski definition) is 1. The number of imidazole rings is 1. The van der Waals surface area contributed by atoms with Gasteiger partial charge >= 0.3 is 5.97 Å². The summed E-state index contributed by atoms with van der Waals surface area (Å²) in [5.41, 5.74) is 4.74. The number of nitrogens with zero attached hydrogens (tertiary/aromatic N) is 2. The van der Waals surface area contributed by atoms with E-state index >= 15 is 0 Å². The van der Waals surface area contributed by atoms with Crippen molar-refractivity contribution in [1.82, 2.24) is 9.55 Å². The van der Waals surface area contributed by atoms with Crippen molar-refractivity contribution in [2.75, 3.05) is 0 Å². The fourth-order valence-electron chi connectivity index (χ4n) is 3.00. The third-order valence-electron chi connectivity index (χ3n) is 4.64. The first-order valence-corrected chi connectivity index (χ1v) is 7.75. The molecule has 3 rings (SSSR count). The Bertz CT molecular complexity index is 684. The van der Waals surface area contributed by atoms with E-state index in [-0.39, 0.29) is 6.42 Å². The molecular weight excluding hydrogens is 264 g/mol. The maximum Gasteiger partial charge on any atom is 0.303 e. The average Bonchev–Trinajstić information content (AvgIpc) is 2.66. The molecule has 112 valence electrons. The molecule has 0 aliphatic heterocycles. The SMILES string of the molecule is Cc1cc2nc(C3CCC3)n(CCCC(=O)O)c2cc1C. The van der Waals surface area contributed by atoms with E-state index in [4.69, 9.17) is 10.1 Å². The molecule has 1 aromatic heterocycles. The van der Waals surface area contributed by atoms with Crippen molar-refractivity contribution in [2.45, 2.75) is 58.4 Å². The molecular formula is C17H22N2O2. The number of carboxylic acids is 1. The first-order valence-electron chi connectivity index (χ1n) is 7.75. The van der Waals surface area contributed by atoms with Crippen molar-refractivity contribution >= 4 is 17.0 Å². The lowest BCUT2D eigenvalue weighted by Crippen LogP contribution is -2.16. The van der Waals surface area contributed by atoms with Gasteiger partial charge < -0.3 is 9.67 Å². The Labute approximate surface area is 124 Å². The minimum Gasteiger partial charge on any atom is -0.481 e. The van der Waals surface area contributed by atoms with Gasteiger partial charge in [-0.1, -0.05) is 6.42 Å². The van der Waals surface area contributed by atoms with E-state index in [1.807, 2.05) is 0 Å². The largest absolute Gasteiger partial charge is 0.481 e. The van der Waals surface area contributed by atoms with Crippen LogP contribution in [0.1, 0.15) is 55.0 Å². The molecule has 4 nitrogen and oxygen atoms in total. The maximum absolute atomic E-state index is 10.8. The zero-order valence-corrected chi connectivity index (χ0v) is 12.7. The lowest BCUT2D eigenvalue weighted by Gasteiger charge is -2.25. The lowest BCUT2D eigenvalue weighted by atomic mass is 9.85.